The summed E-state index contributed by atoms with van der Waals surface area (Å²) in [5, 5.41) is 12.2. The molecule has 2 rings (SSSR count). The van der Waals surface area contributed by atoms with Crippen molar-refractivity contribution in [2.75, 3.05) is 6.61 Å². The fourth-order valence-corrected chi connectivity index (χ4v) is 2.47. The number of ketones is 1. The molecule has 0 heterocycles. The molecule has 2 aromatic rings. The largest absolute Gasteiger partial charge is 0.394 e. The normalized spacial score (nSPS) is 11.8. The van der Waals surface area contributed by atoms with Gasteiger partial charge in [-0.15, -0.1) is 0 Å². The number of aliphatic hydroxyl groups excluding tert-OH is 1. The first-order valence-electron chi connectivity index (χ1n) is 8.07. The second kappa shape index (κ2) is 8.41. The van der Waals surface area contributed by atoms with Gasteiger partial charge >= 0.3 is 0 Å². The highest BCUT2D eigenvalue weighted by molar-refractivity contribution is 5.98. The molecule has 1 amide bonds. The van der Waals surface area contributed by atoms with E-state index >= 15 is 0 Å². The number of benzene rings is 2. The van der Waals surface area contributed by atoms with Crippen molar-refractivity contribution < 1.29 is 14.7 Å². The highest BCUT2D eigenvalue weighted by Crippen LogP contribution is 2.14. The van der Waals surface area contributed by atoms with Crippen LogP contribution in [-0.4, -0.2) is 23.4 Å². The van der Waals surface area contributed by atoms with E-state index in [4.69, 9.17) is 0 Å². The lowest BCUT2D eigenvalue weighted by Gasteiger charge is -2.16. The summed E-state index contributed by atoms with van der Waals surface area (Å²) in [5.41, 5.74) is 3.68. The number of amides is 1. The lowest BCUT2D eigenvalue weighted by molar-refractivity contribution is -0.122. The van der Waals surface area contributed by atoms with Crippen LogP contribution in [0.25, 0.3) is 0 Å². The van der Waals surface area contributed by atoms with Crippen LogP contribution >= 0.6 is 0 Å². The monoisotopic (exact) mass is 325 g/mol. The number of hydrogen-bond acceptors (Lipinski definition) is 3. The van der Waals surface area contributed by atoms with Gasteiger partial charge in [-0.3, -0.25) is 9.59 Å². The van der Waals surface area contributed by atoms with Gasteiger partial charge in [-0.05, 0) is 36.6 Å². The number of aliphatic hydroxyl groups is 1. The minimum atomic E-state index is -0.449. The van der Waals surface area contributed by atoms with Crippen LogP contribution in [0.1, 0.15) is 45.9 Å². The van der Waals surface area contributed by atoms with Gasteiger partial charge in [0.2, 0.25) is 5.91 Å². The second-order valence-electron chi connectivity index (χ2n) is 5.94. The first-order valence-corrected chi connectivity index (χ1v) is 8.07. The van der Waals surface area contributed by atoms with Crippen molar-refractivity contribution in [3.05, 3.63) is 70.8 Å². The summed E-state index contributed by atoms with van der Waals surface area (Å²) in [4.78, 5) is 24.3. The van der Waals surface area contributed by atoms with Crippen molar-refractivity contribution in [1.29, 1.82) is 0 Å². The second-order valence-corrected chi connectivity index (χ2v) is 5.94. The van der Waals surface area contributed by atoms with Crippen LogP contribution in [0, 0.1) is 13.8 Å². The van der Waals surface area contributed by atoms with Gasteiger partial charge in [0.25, 0.3) is 0 Å². The highest BCUT2D eigenvalue weighted by Gasteiger charge is 2.15. The van der Waals surface area contributed by atoms with Crippen molar-refractivity contribution in [2.24, 2.45) is 0 Å². The number of hydrogen-bond donors (Lipinski definition) is 2. The van der Waals surface area contributed by atoms with Crippen molar-refractivity contribution in [1.82, 2.24) is 5.32 Å². The Morgan fingerprint density at radius 1 is 1.00 bits per heavy atom. The van der Waals surface area contributed by atoms with E-state index in [1.165, 1.54) is 0 Å². The fourth-order valence-electron chi connectivity index (χ4n) is 2.47. The zero-order valence-corrected chi connectivity index (χ0v) is 14.1. The Labute approximate surface area is 142 Å². The summed E-state index contributed by atoms with van der Waals surface area (Å²) in [7, 11) is 0. The van der Waals surface area contributed by atoms with Gasteiger partial charge in [0.15, 0.2) is 5.78 Å². The molecule has 0 unspecified atom stereocenters. The smallest absolute Gasteiger partial charge is 0.221 e. The molecule has 0 aliphatic carbocycles. The number of carbonyl (C=O) groups excluding carboxylic acids is 2. The van der Waals surface area contributed by atoms with Crippen LogP contribution in [-0.2, 0) is 4.79 Å². The Bertz CT molecular complexity index is 710. The molecule has 0 spiro atoms. The van der Waals surface area contributed by atoms with Crippen LogP contribution in [0.3, 0.4) is 0 Å². The van der Waals surface area contributed by atoms with Crippen LogP contribution in [0.4, 0.5) is 0 Å². The molecule has 0 radical (unpaired) electrons. The molecule has 2 aromatic carbocycles. The molecule has 0 aliphatic rings. The minimum absolute atomic E-state index is 0.0477. The molecule has 1 atom stereocenters. The van der Waals surface area contributed by atoms with Gasteiger partial charge in [-0.25, -0.2) is 0 Å². The van der Waals surface area contributed by atoms with Crippen molar-refractivity contribution in [2.45, 2.75) is 32.7 Å². The van der Waals surface area contributed by atoms with E-state index in [0.717, 1.165) is 16.7 Å². The Morgan fingerprint density at radius 2 is 1.71 bits per heavy atom. The lowest BCUT2D eigenvalue weighted by atomic mass is 10.0. The van der Waals surface area contributed by atoms with Crippen LogP contribution in [0.5, 0.6) is 0 Å². The quantitative estimate of drug-likeness (QED) is 0.769. The number of rotatable bonds is 7. The average Bonchev–Trinajstić information content (AvgIpc) is 2.60. The van der Waals surface area contributed by atoms with E-state index in [1.807, 2.05) is 56.3 Å². The number of Topliss-reactive ketones (excluding diaryl/α,β-unsaturated/α-hetero) is 1. The van der Waals surface area contributed by atoms with Gasteiger partial charge in [0.1, 0.15) is 0 Å². The maximum atomic E-state index is 12.2. The summed E-state index contributed by atoms with van der Waals surface area (Å²) in [6, 6.07) is 14.4. The van der Waals surface area contributed by atoms with Crippen LogP contribution in [0.2, 0.25) is 0 Å². The fraction of sp³-hybridized carbons (Fsp3) is 0.300. The lowest BCUT2D eigenvalue weighted by Crippen LogP contribution is -2.30. The topological polar surface area (TPSA) is 66.4 Å². The molecule has 24 heavy (non-hydrogen) atoms. The zero-order chi connectivity index (χ0) is 17.5. The average molecular weight is 325 g/mol. The van der Waals surface area contributed by atoms with Crippen molar-refractivity contribution >= 4 is 11.7 Å². The van der Waals surface area contributed by atoms with E-state index in [9.17, 15) is 14.7 Å². The van der Waals surface area contributed by atoms with Gasteiger partial charge in [-0.2, -0.15) is 0 Å². The molecular formula is C20H23NO3. The van der Waals surface area contributed by atoms with Gasteiger partial charge in [0, 0.05) is 18.4 Å². The van der Waals surface area contributed by atoms with Gasteiger partial charge in [0.05, 0.1) is 12.6 Å². The third kappa shape index (κ3) is 4.77. The number of nitrogens with one attached hydrogen (secondary N) is 1. The Morgan fingerprint density at radius 3 is 2.33 bits per heavy atom. The minimum Gasteiger partial charge on any atom is -0.394 e. The standard InChI is InChI=1S/C20H23NO3/c1-14-8-9-17(12-15(14)2)19(23)10-11-20(24)21-18(13-22)16-6-4-3-5-7-16/h3-9,12,18,22H,10-11,13H2,1-2H3,(H,21,24)/t18-/m1/s1. The third-order valence-electron chi connectivity index (χ3n) is 4.13. The number of carbonyl (C=O) groups is 2. The van der Waals surface area contributed by atoms with E-state index in [2.05, 4.69) is 5.32 Å². The van der Waals surface area contributed by atoms with Crippen LogP contribution in [0.15, 0.2) is 48.5 Å². The Kier molecular flexibility index (Phi) is 6.27. The molecule has 0 aliphatic heterocycles. The maximum Gasteiger partial charge on any atom is 0.221 e. The SMILES string of the molecule is Cc1ccc(C(=O)CCC(=O)N[C@H](CO)c2ccccc2)cc1C. The van der Waals surface area contributed by atoms with Crippen molar-refractivity contribution in [3.63, 3.8) is 0 Å². The molecule has 2 N–H and O–H groups in total. The molecule has 0 bridgehead atoms. The first-order chi connectivity index (χ1) is 11.5. The molecule has 0 saturated heterocycles. The molecule has 0 saturated carbocycles. The highest BCUT2D eigenvalue weighted by atomic mass is 16.3. The molecule has 4 nitrogen and oxygen atoms in total. The maximum absolute atomic E-state index is 12.2. The van der Waals surface area contributed by atoms with Crippen LogP contribution < -0.4 is 5.32 Å². The van der Waals surface area contributed by atoms with Gasteiger partial charge < -0.3 is 10.4 Å². The predicted molar refractivity (Wildman–Crippen MR) is 93.9 cm³/mol. The summed E-state index contributed by atoms with van der Waals surface area (Å²) in [6.07, 6.45) is 0.260. The van der Waals surface area contributed by atoms with E-state index in [0.29, 0.717) is 5.56 Å². The molecule has 0 fully saturated rings. The number of aryl methyl sites for hydroxylation is 2. The molecule has 126 valence electrons. The molecule has 0 aromatic heterocycles. The summed E-state index contributed by atoms with van der Waals surface area (Å²) in [6.45, 7) is 3.78. The van der Waals surface area contributed by atoms with E-state index in [1.54, 1.807) is 6.07 Å². The van der Waals surface area contributed by atoms with Gasteiger partial charge in [-0.1, -0.05) is 42.5 Å². The summed E-state index contributed by atoms with van der Waals surface area (Å²) in [5.74, 6) is -0.288. The van der Waals surface area contributed by atoms with Crippen molar-refractivity contribution in [3.8, 4) is 0 Å². The molecule has 4 heteroatoms. The zero-order valence-electron chi connectivity index (χ0n) is 14.1. The summed E-state index contributed by atoms with van der Waals surface area (Å²) >= 11 is 0. The van der Waals surface area contributed by atoms with E-state index < -0.39 is 6.04 Å². The summed E-state index contributed by atoms with van der Waals surface area (Å²) < 4.78 is 0. The molecular weight excluding hydrogens is 302 g/mol. The first kappa shape index (κ1) is 17.9. The predicted octanol–water partition coefficient (Wildman–Crippen LogP) is 3.12. The Hall–Kier alpha value is -2.46. The third-order valence-corrected chi connectivity index (χ3v) is 4.13. The Balaban J connectivity index is 1.90. The van der Waals surface area contributed by atoms with E-state index in [-0.39, 0.29) is 31.1 Å².